The second-order valence-corrected chi connectivity index (χ2v) is 34.3. The van der Waals surface area contributed by atoms with Gasteiger partial charge in [-0.25, -0.2) is 35.1 Å². The number of halogens is 8. The van der Waals surface area contributed by atoms with Crippen LogP contribution in [-0.4, -0.2) is 118 Å². The number of carbonyl (C=O) groups is 7. The molecule has 8 aliphatic carbocycles. The second kappa shape index (κ2) is 42.0. The average molecular weight is 1770 g/mol. The van der Waals surface area contributed by atoms with Gasteiger partial charge in [-0.2, -0.15) is 13.7 Å². The van der Waals surface area contributed by atoms with Gasteiger partial charge in [-0.3, -0.25) is 37.7 Å². The van der Waals surface area contributed by atoms with Gasteiger partial charge in [-0.1, -0.05) is 109 Å². The van der Waals surface area contributed by atoms with E-state index in [1.807, 2.05) is 60.7 Å². The van der Waals surface area contributed by atoms with Crippen molar-refractivity contribution in [3.05, 3.63) is 353 Å². The summed E-state index contributed by atoms with van der Waals surface area (Å²) in [6.45, 7) is 0.213. The predicted molar refractivity (Wildman–Crippen MR) is 460 cm³/mol. The fourth-order valence-electron chi connectivity index (χ4n) is 18.0. The molecule has 3 amide bonds. The highest BCUT2D eigenvalue weighted by Crippen LogP contribution is 2.46. The number of hydrogen-bond acceptors (Lipinski definition) is 14. The zero-order valence-electron chi connectivity index (χ0n) is 70.2. The number of carboxylic acid groups (broad SMARTS) is 2. The number of hydrogen-bond donors (Lipinski definition) is 7. The quantitative estimate of drug-likeness (QED) is 0.0175. The molecule has 1 saturated heterocycles. The summed E-state index contributed by atoms with van der Waals surface area (Å²) in [7, 11) is -2.38. The van der Waals surface area contributed by atoms with E-state index in [4.69, 9.17) is 19.7 Å². The van der Waals surface area contributed by atoms with E-state index in [-0.39, 0.29) is 97.8 Å². The molecule has 19 rings (SSSR count). The van der Waals surface area contributed by atoms with Crippen LogP contribution in [0.2, 0.25) is 0 Å². The SMILES string of the molecule is COC(=O)C1CCc2ccc(F)cc21.CS(=O)(=O)OCC1(C(=O)NCc2ccccc2)CCc2ccc(F)cc21.N#CC1CCc2ccc(F)cc21.O=C(NCc1ccccc1)C1(CO)CCc2ccc(F)cc21.O=C(O)C1(CO)CCc2ccc(F)cc21.O=C(O)C1CCc2ccc(F)cc21.O=C1CCc2ccc(F)cc21.O=C1NCC12CCc1ccc(F)cc12.[B]. The summed E-state index contributed by atoms with van der Waals surface area (Å²) in [5.41, 5.74) is 11.1. The lowest BCUT2D eigenvalue weighted by molar-refractivity contribution is -0.145. The van der Waals surface area contributed by atoms with Crippen LogP contribution in [-0.2, 0) is 134 Å². The smallest absolute Gasteiger partial charge is 0.316 e. The van der Waals surface area contributed by atoms with Gasteiger partial charge in [0.25, 0.3) is 10.1 Å². The number of amides is 3. The highest BCUT2D eigenvalue weighted by Gasteiger charge is 2.52. The number of rotatable bonds is 14. The molecule has 1 aliphatic heterocycles. The number of benzene rings is 10. The molecule has 3 radical (unpaired) electrons. The summed E-state index contributed by atoms with van der Waals surface area (Å²) in [5.74, 6) is -6.33. The maximum Gasteiger partial charge on any atom is 0.316 e. The van der Waals surface area contributed by atoms with Crippen molar-refractivity contribution in [3.63, 3.8) is 0 Å². The van der Waals surface area contributed by atoms with Gasteiger partial charge >= 0.3 is 17.9 Å². The number of carboxylic acids is 2. The summed E-state index contributed by atoms with van der Waals surface area (Å²) in [6, 6.07) is 56.9. The van der Waals surface area contributed by atoms with Crippen LogP contribution >= 0.6 is 0 Å². The Balaban J connectivity index is 0.000000144. The third-order valence-electron chi connectivity index (χ3n) is 25.0. The Kier molecular flexibility index (Phi) is 31.5. The number of fused-ring (bicyclic) bond motifs is 9. The van der Waals surface area contributed by atoms with Gasteiger partial charge < -0.3 is 41.1 Å². The zero-order chi connectivity index (χ0) is 91.1. The summed E-state index contributed by atoms with van der Waals surface area (Å²) in [6.07, 6.45) is 11.6. The van der Waals surface area contributed by atoms with E-state index in [1.165, 1.54) is 104 Å². The maximum absolute atomic E-state index is 13.8. The Labute approximate surface area is 737 Å². The van der Waals surface area contributed by atoms with E-state index in [2.05, 4.69) is 26.8 Å². The summed E-state index contributed by atoms with van der Waals surface area (Å²) in [5, 5.41) is 54.2. The Morgan fingerprint density at radius 3 is 1.29 bits per heavy atom. The fourth-order valence-corrected chi connectivity index (χ4v) is 18.4. The molecule has 19 nitrogen and oxygen atoms in total. The number of aliphatic hydroxyl groups is 2. The van der Waals surface area contributed by atoms with E-state index < -0.39 is 67.9 Å². The molecule has 29 heteroatoms. The average Bonchev–Trinajstić information content (AvgIpc) is 1.55. The van der Waals surface area contributed by atoms with Crippen molar-refractivity contribution in [2.75, 3.05) is 39.7 Å². The first kappa shape index (κ1) is 96.2. The first-order chi connectivity index (χ1) is 60.8. The number of nitriles is 1. The molecule has 9 aliphatic rings. The van der Waals surface area contributed by atoms with Gasteiger partial charge in [0.1, 0.15) is 52.0 Å². The molecule has 0 bridgehead atoms. The highest BCUT2D eigenvalue weighted by atomic mass is 32.2. The van der Waals surface area contributed by atoms with Crippen LogP contribution in [0.5, 0.6) is 0 Å². The molecule has 7 atom stereocenters. The van der Waals surface area contributed by atoms with E-state index >= 15 is 0 Å². The molecule has 665 valence electrons. The van der Waals surface area contributed by atoms with Crippen LogP contribution in [0.4, 0.5) is 35.1 Å². The minimum Gasteiger partial charge on any atom is -0.481 e. The molecule has 0 saturated carbocycles. The van der Waals surface area contributed by atoms with Crippen LogP contribution < -0.4 is 16.0 Å². The second-order valence-electron chi connectivity index (χ2n) is 32.7. The minimum absolute atomic E-state index is 0. The molecule has 7 N–H and O–H groups in total. The Morgan fingerprint density at radius 1 is 0.461 bits per heavy atom. The molecule has 10 aromatic carbocycles. The third kappa shape index (κ3) is 21.8. The number of aryl methyl sites for hydroxylation is 8. The number of aliphatic carboxylic acids is 2. The van der Waals surface area contributed by atoms with E-state index in [1.54, 1.807) is 48.5 Å². The zero-order valence-corrected chi connectivity index (χ0v) is 71.0. The van der Waals surface area contributed by atoms with Crippen LogP contribution in [0.1, 0.15) is 174 Å². The Hall–Kier alpha value is -12.5. The van der Waals surface area contributed by atoms with Gasteiger partial charge in [0.15, 0.2) is 5.78 Å². The van der Waals surface area contributed by atoms with Crippen LogP contribution in [0.15, 0.2) is 206 Å². The number of aliphatic hydroxyl groups excluding tert-OH is 2. The third-order valence-corrected chi connectivity index (χ3v) is 25.6. The van der Waals surface area contributed by atoms with E-state index in [9.17, 15) is 87.3 Å². The molecular weight excluding hydrogens is 1680 g/mol. The Morgan fingerprint density at radius 2 is 0.844 bits per heavy atom. The van der Waals surface area contributed by atoms with Crippen LogP contribution in [0.25, 0.3) is 0 Å². The van der Waals surface area contributed by atoms with Crippen molar-refractivity contribution in [2.45, 2.75) is 155 Å². The summed E-state index contributed by atoms with van der Waals surface area (Å²) >= 11 is 0. The number of nitrogens with zero attached hydrogens (tertiary/aromatic N) is 1. The molecule has 1 fully saturated rings. The topological polar surface area (TPSA) is 313 Å². The maximum atomic E-state index is 13.8. The van der Waals surface area contributed by atoms with Gasteiger partial charge in [-0.05, 0) is 288 Å². The molecular formula is C99H94BF8N4O15S. The molecule has 0 aromatic heterocycles. The van der Waals surface area contributed by atoms with Gasteiger partial charge in [-0.15, -0.1) is 0 Å². The van der Waals surface area contributed by atoms with Gasteiger partial charge in [0.2, 0.25) is 17.7 Å². The van der Waals surface area contributed by atoms with Crippen molar-refractivity contribution in [3.8, 4) is 6.07 Å². The lowest BCUT2D eigenvalue weighted by atomic mass is 9.75. The van der Waals surface area contributed by atoms with Crippen molar-refractivity contribution in [1.29, 1.82) is 5.26 Å². The lowest BCUT2D eigenvalue weighted by Gasteiger charge is -2.38. The first-order valence-electron chi connectivity index (χ1n) is 41.5. The van der Waals surface area contributed by atoms with Crippen molar-refractivity contribution >= 4 is 59.9 Å². The largest absolute Gasteiger partial charge is 0.481 e. The molecule has 1 heterocycles. The van der Waals surface area contributed by atoms with Crippen molar-refractivity contribution < 1.29 is 106 Å². The van der Waals surface area contributed by atoms with Crippen molar-refractivity contribution in [2.24, 2.45) is 0 Å². The lowest BCUT2D eigenvalue weighted by Crippen LogP contribution is -2.61. The van der Waals surface area contributed by atoms with Crippen LogP contribution in [0, 0.1) is 57.9 Å². The van der Waals surface area contributed by atoms with E-state index in [0.29, 0.717) is 98.8 Å². The monoisotopic (exact) mass is 1770 g/mol. The molecule has 7 unspecified atom stereocenters. The molecule has 1 spiro atoms. The number of esters is 1. The number of nitrogens with one attached hydrogen (secondary N) is 3. The normalized spacial score (nSPS) is 20.5. The fraction of sp³-hybridized carbons (Fsp3) is 0.313. The Bertz CT molecular complexity index is 5960. The summed E-state index contributed by atoms with van der Waals surface area (Å²) in [4.78, 5) is 81.5. The number of ketones is 1. The van der Waals surface area contributed by atoms with Crippen molar-refractivity contribution in [1.82, 2.24) is 16.0 Å². The van der Waals surface area contributed by atoms with Gasteiger partial charge in [0, 0.05) is 40.0 Å². The molecule has 10 aromatic rings. The van der Waals surface area contributed by atoms with E-state index in [0.717, 1.165) is 130 Å². The number of ether oxygens (including phenoxy) is 1. The van der Waals surface area contributed by atoms with Crippen LogP contribution in [0.3, 0.4) is 0 Å². The minimum atomic E-state index is -3.74. The first-order valence-corrected chi connectivity index (χ1v) is 43.3. The van der Waals surface area contributed by atoms with Gasteiger partial charge in [0.05, 0.1) is 73.3 Å². The predicted octanol–water partition coefficient (Wildman–Crippen LogP) is 14.8. The number of carbonyl (C=O) groups excluding carboxylic acids is 5. The number of Topliss-reactive ketones (excluding diaryl/α,β-unsaturated/α-hetero) is 1. The highest BCUT2D eigenvalue weighted by molar-refractivity contribution is 7.86. The standard InChI is InChI=1S/C19H20FNO4S.C18H18FNO2.C11H10FNO.C11H11FO3.C11H11FO2.C10H8FN.C10H9FO2.C9H7FO.B/c1-26(23,24)25-13-19(10-9-15-7-8-16(20)11-17(15)19)18(22)21-12-14-5-3-2-4-6-14;19-15-7-6-14-8-9-18(12-21,16(14)10-15)17(22)20-11-13-4-2-1-3-5-13;12-8-2-1-7-3-4-11(9(7)5-8)6-13-10(11)14;12-8-2-1-7-3-4-11(6-13,10(14)15)9(7)5-8;1-14-11(13)9-5-3-7-2-4-8(12)6-10(7)9;11-9-4-3-7-1-2-8(6-12)10(7)5-9;11-7-3-1-6-2-4-8(10(12)13)9(6)5-7;10-7-3-1-6-2-4-9(11)8(6)5-7;/h2-8,11H,9-10,12-13H2,1H3,(H,21,22);1-7,10,21H,8-9,11-12H2,(H,20,22);1-2,5H,3-4,6H2,(H,13,14);1-2,5,13H,3-4,6H2,(H,14,15);2,4,6,9H,3,5H2,1H3;3-5,8H,1-2H2;1,3,5,8H,2,4H2,(H,12,13);1,3,5H,2,4H2;. The summed E-state index contributed by atoms with van der Waals surface area (Å²) < 4.78 is 137. The molecule has 128 heavy (non-hydrogen) atoms. The number of β-lactam (4-membered cyclic amide) rings is 1. The number of methoxy groups -OCH3 is 1.